The smallest absolute Gasteiger partial charge is 0.293 e. The lowest BCUT2D eigenvalue weighted by molar-refractivity contribution is 0.899. The fourth-order valence-electron chi connectivity index (χ4n) is 1.46. The molecule has 2 aromatic heterocycles. The molecule has 3 rings (SSSR count). The number of hydrogen-bond donors (Lipinski definition) is 3. The van der Waals surface area contributed by atoms with Gasteiger partial charge in [0.2, 0.25) is 0 Å². The number of nitrogens with zero attached hydrogens (tertiary/aromatic N) is 3. The quantitative estimate of drug-likeness (QED) is 0.640. The van der Waals surface area contributed by atoms with Crippen molar-refractivity contribution in [1.29, 1.82) is 0 Å². The molecule has 2 heterocycles. The van der Waals surface area contributed by atoms with Crippen molar-refractivity contribution in [2.75, 3.05) is 0 Å². The normalized spacial score (nSPS) is 15.7. The van der Waals surface area contributed by atoms with Gasteiger partial charge in [0, 0.05) is 5.92 Å². The van der Waals surface area contributed by atoms with Gasteiger partial charge in [-0.2, -0.15) is 10.2 Å². The highest BCUT2D eigenvalue weighted by molar-refractivity contribution is 5.07. The largest absolute Gasteiger partial charge is 0.340 e. The molecule has 0 amide bonds. The Morgan fingerprint density at radius 1 is 1.20 bits per heavy atom. The van der Waals surface area contributed by atoms with Gasteiger partial charge in [-0.1, -0.05) is 0 Å². The van der Waals surface area contributed by atoms with E-state index in [2.05, 4.69) is 30.4 Å². The Balaban J connectivity index is 1.78. The van der Waals surface area contributed by atoms with E-state index in [1.807, 2.05) is 0 Å². The standard InChI is InChI=1S/C8H10N6O/c15-8-10-6(12-14-8)3-5-9-7(13-11-5)4-1-2-4/h4H,1-3H2,(H,9,11,13)(H2,10,12,14,15). The van der Waals surface area contributed by atoms with Crippen LogP contribution in [0.4, 0.5) is 0 Å². The van der Waals surface area contributed by atoms with Crippen LogP contribution < -0.4 is 5.69 Å². The van der Waals surface area contributed by atoms with Crippen LogP contribution in [0.2, 0.25) is 0 Å². The zero-order valence-corrected chi connectivity index (χ0v) is 7.95. The van der Waals surface area contributed by atoms with E-state index in [0.29, 0.717) is 18.2 Å². The lowest BCUT2D eigenvalue weighted by atomic mass is 10.4. The second kappa shape index (κ2) is 3.04. The Morgan fingerprint density at radius 2 is 2.07 bits per heavy atom. The fraction of sp³-hybridized carbons (Fsp3) is 0.500. The highest BCUT2D eigenvalue weighted by Gasteiger charge is 2.27. The second-order valence-electron chi connectivity index (χ2n) is 3.72. The van der Waals surface area contributed by atoms with E-state index in [9.17, 15) is 4.79 Å². The summed E-state index contributed by atoms with van der Waals surface area (Å²) < 4.78 is 0. The summed E-state index contributed by atoms with van der Waals surface area (Å²) in [6.45, 7) is 0. The molecule has 7 heteroatoms. The maximum absolute atomic E-state index is 10.8. The third-order valence-electron chi connectivity index (χ3n) is 2.38. The summed E-state index contributed by atoms with van der Waals surface area (Å²) in [6.07, 6.45) is 2.82. The highest BCUT2D eigenvalue weighted by Crippen LogP contribution is 2.37. The van der Waals surface area contributed by atoms with Gasteiger partial charge in [-0.25, -0.2) is 14.9 Å². The molecule has 1 aliphatic rings. The Morgan fingerprint density at radius 3 is 2.73 bits per heavy atom. The van der Waals surface area contributed by atoms with Crippen LogP contribution in [0.1, 0.15) is 36.2 Å². The summed E-state index contributed by atoms with van der Waals surface area (Å²) in [5, 5.41) is 13.1. The van der Waals surface area contributed by atoms with E-state index in [1.165, 1.54) is 12.8 Å². The van der Waals surface area contributed by atoms with Crippen LogP contribution in [0.15, 0.2) is 4.79 Å². The summed E-state index contributed by atoms with van der Waals surface area (Å²) >= 11 is 0. The van der Waals surface area contributed by atoms with Crippen LogP contribution in [0.25, 0.3) is 0 Å². The van der Waals surface area contributed by atoms with Gasteiger partial charge in [-0.05, 0) is 12.8 Å². The van der Waals surface area contributed by atoms with Crippen LogP contribution in [-0.2, 0) is 6.42 Å². The Kier molecular flexibility index (Phi) is 1.70. The molecule has 2 aromatic rings. The van der Waals surface area contributed by atoms with E-state index in [1.54, 1.807) is 0 Å². The Hall–Kier alpha value is -1.92. The molecular weight excluding hydrogens is 196 g/mol. The minimum Gasteiger partial charge on any atom is -0.293 e. The van der Waals surface area contributed by atoms with Gasteiger partial charge >= 0.3 is 5.69 Å². The molecule has 0 spiro atoms. The van der Waals surface area contributed by atoms with Crippen molar-refractivity contribution in [3.8, 4) is 0 Å². The van der Waals surface area contributed by atoms with Crippen LogP contribution in [-0.4, -0.2) is 30.4 Å². The number of H-pyrrole nitrogens is 3. The SMILES string of the molecule is O=c1[nH]nc(Cc2nc(C3CC3)n[nH]2)[nH]1. The number of aromatic nitrogens is 6. The number of rotatable bonds is 3. The van der Waals surface area contributed by atoms with Gasteiger partial charge in [0.05, 0.1) is 6.42 Å². The Labute approximate surface area is 84.3 Å². The molecule has 0 saturated heterocycles. The van der Waals surface area contributed by atoms with Crippen molar-refractivity contribution in [3.05, 3.63) is 28.0 Å². The van der Waals surface area contributed by atoms with Gasteiger partial charge in [0.1, 0.15) is 11.6 Å². The van der Waals surface area contributed by atoms with Crippen LogP contribution >= 0.6 is 0 Å². The minimum absolute atomic E-state index is 0.299. The number of hydrogen-bond acceptors (Lipinski definition) is 4. The molecule has 78 valence electrons. The van der Waals surface area contributed by atoms with Crippen LogP contribution in [0, 0.1) is 0 Å². The number of nitrogens with one attached hydrogen (secondary N) is 3. The fourth-order valence-corrected chi connectivity index (χ4v) is 1.46. The average molecular weight is 206 g/mol. The monoisotopic (exact) mass is 206 g/mol. The molecule has 3 N–H and O–H groups in total. The molecule has 0 bridgehead atoms. The molecule has 0 aliphatic heterocycles. The van der Waals surface area contributed by atoms with E-state index >= 15 is 0 Å². The minimum atomic E-state index is -0.299. The topological polar surface area (TPSA) is 103 Å². The highest BCUT2D eigenvalue weighted by atomic mass is 16.1. The van der Waals surface area contributed by atoms with Gasteiger partial charge in [0.15, 0.2) is 5.82 Å². The van der Waals surface area contributed by atoms with Gasteiger partial charge in [-0.3, -0.25) is 10.1 Å². The van der Waals surface area contributed by atoms with E-state index < -0.39 is 0 Å². The third-order valence-corrected chi connectivity index (χ3v) is 2.38. The lowest BCUT2D eigenvalue weighted by Gasteiger charge is -1.88. The zero-order chi connectivity index (χ0) is 10.3. The first-order valence-corrected chi connectivity index (χ1v) is 4.86. The predicted molar refractivity (Wildman–Crippen MR) is 50.4 cm³/mol. The molecule has 0 radical (unpaired) electrons. The van der Waals surface area contributed by atoms with Crippen molar-refractivity contribution < 1.29 is 0 Å². The van der Waals surface area contributed by atoms with E-state index in [4.69, 9.17) is 0 Å². The molecule has 0 atom stereocenters. The van der Waals surface area contributed by atoms with Crippen LogP contribution in [0.3, 0.4) is 0 Å². The zero-order valence-electron chi connectivity index (χ0n) is 7.95. The van der Waals surface area contributed by atoms with Crippen molar-refractivity contribution in [3.63, 3.8) is 0 Å². The van der Waals surface area contributed by atoms with Crippen molar-refractivity contribution in [1.82, 2.24) is 30.4 Å². The van der Waals surface area contributed by atoms with E-state index in [-0.39, 0.29) is 5.69 Å². The summed E-state index contributed by atoms with van der Waals surface area (Å²) in [4.78, 5) is 17.7. The summed E-state index contributed by atoms with van der Waals surface area (Å²) in [6, 6.07) is 0. The first-order valence-electron chi connectivity index (χ1n) is 4.86. The van der Waals surface area contributed by atoms with Gasteiger partial charge < -0.3 is 0 Å². The van der Waals surface area contributed by atoms with Crippen molar-refractivity contribution >= 4 is 0 Å². The molecule has 0 unspecified atom stereocenters. The second-order valence-corrected chi connectivity index (χ2v) is 3.72. The van der Waals surface area contributed by atoms with Crippen molar-refractivity contribution in [2.45, 2.75) is 25.2 Å². The van der Waals surface area contributed by atoms with Gasteiger partial charge in [0.25, 0.3) is 0 Å². The Bertz CT molecular complexity index is 519. The average Bonchev–Trinajstić information content (AvgIpc) is 2.84. The number of aromatic amines is 3. The molecule has 0 aromatic carbocycles. The summed E-state index contributed by atoms with van der Waals surface area (Å²) in [7, 11) is 0. The molecular formula is C8H10N6O. The maximum atomic E-state index is 10.8. The summed E-state index contributed by atoms with van der Waals surface area (Å²) in [5.74, 6) is 2.72. The predicted octanol–water partition coefficient (Wildman–Crippen LogP) is -0.316. The lowest BCUT2D eigenvalue weighted by Crippen LogP contribution is -2.01. The van der Waals surface area contributed by atoms with Crippen molar-refractivity contribution in [2.24, 2.45) is 0 Å². The molecule has 1 fully saturated rings. The maximum Gasteiger partial charge on any atom is 0.340 e. The van der Waals surface area contributed by atoms with E-state index in [0.717, 1.165) is 11.6 Å². The van der Waals surface area contributed by atoms with Crippen LogP contribution in [0.5, 0.6) is 0 Å². The summed E-state index contributed by atoms with van der Waals surface area (Å²) in [5.41, 5.74) is -0.299. The molecule has 7 nitrogen and oxygen atoms in total. The third kappa shape index (κ3) is 1.67. The first kappa shape index (κ1) is 8.39. The first-order chi connectivity index (χ1) is 7.31. The molecule has 15 heavy (non-hydrogen) atoms. The molecule has 1 aliphatic carbocycles. The molecule has 1 saturated carbocycles. The van der Waals surface area contributed by atoms with Gasteiger partial charge in [-0.15, -0.1) is 0 Å².